The average Bonchev–Trinajstić information content (AvgIpc) is 2.41. The first kappa shape index (κ1) is 13.1. The third-order valence-corrected chi connectivity index (χ3v) is 3.66. The minimum absolute atomic E-state index is 0.906. The van der Waals surface area contributed by atoms with Gasteiger partial charge < -0.3 is 15.5 Å². The molecule has 2 heterocycles. The van der Waals surface area contributed by atoms with Gasteiger partial charge in [-0.05, 0) is 37.9 Å². The SMILES string of the molecule is CNc1ccnc(NCCN2CCC(C)CC2)c1. The highest BCUT2D eigenvalue weighted by molar-refractivity contribution is 5.51. The first-order chi connectivity index (χ1) is 8.78. The maximum atomic E-state index is 4.31. The van der Waals surface area contributed by atoms with Crippen molar-refractivity contribution in [2.75, 3.05) is 43.9 Å². The Morgan fingerprint density at radius 2 is 2.17 bits per heavy atom. The van der Waals surface area contributed by atoms with Gasteiger partial charge in [0.15, 0.2) is 0 Å². The topological polar surface area (TPSA) is 40.2 Å². The molecule has 100 valence electrons. The molecule has 1 aliphatic heterocycles. The highest BCUT2D eigenvalue weighted by atomic mass is 15.1. The highest BCUT2D eigenvalue weighted by Crippen LogP contribution is 2.15. The van der Waals surface area contributed by atoms with Gasteiger partial charge in [0.25, 0.3) is 0 Å². The van der Waals surface area contributed by atoms with Gasteiger partial charge >= 0.3 is 0 Å². The van der Waals surface area contributed by atoms with Gasteiger partial charge in [0.1, 0.15) is 5.82 Å². The maximum Gasteiger partial charge on any atom is 0.127 e. The number of rotatable bonds is 5. The van der Waals surface area contributed by atoms with Crippen LogP contribution in [-0.4, -0.2) is 43.1 Å². The van der Waals surface area contributed by atoms with Crippen LogP contribution in [0.25, 0.3) is 0 Å². The van der Waals surface area contributed by atoms with Crippen LogP contribution >= 0.6 is 0 Å². The lowest BCUT2D eigenvalue weighted by Crippen LogP contribution is -2.36. The fourth-order valence-electron chi connectivity index (χ4n) is 2.31. The molecule has 0 saturated carbocycles. The van der Waals surface area contributed by atoms with Crippen LogP contribution in [0.15, 0.2) is 18.3 Å². The standard InChI is InChI=1S/C14H24N4/c1-12-4-8-18(9-5-12)10-7-17-14-11-13(15-2)3-6-16-14/h3,6,11-12H,4-5,7-10H2,1-2H3,(H2,15,16,17). The van der Waals surface area contributed by atoms with Crippen molar-refractivity contribution in [3.63, 3.8) is 0 Å². The predicted molar refractivity (Wildman–Crippen MR) is 77.1 cm³/mol. The summed E-state index contributed by atoms with van der Waals surface area (Å²) < 4.78 is 0. The molecule has 1 aliphatic rings. The number of nitrogens with one attached hydrogen (secondary N) is 2. The van der Waals surface area contributed by atoms with Crippen LogP contribution in [-0.2, 0) is 0 Å². The van der Waals surface area contributed by atoms with E-state index in [0.717, 1.165) is 30.5 Å². The first-order valence-electron chi connectivity index (χ1n) is 6.88. The van der Waals surface area contributed by atoms with Gasteiger partial charge in [-0.2, -0.15) is 0 Å². The van der Waals surface area contributed by atoms with Crippen molar-refractivity contribution < 1.29 is 0 Å². The van der Waals surface area contributed by atoms with Crippen molar-refractivity contribution in [3.8, 4) is 0 Å². The molecule has 0 spiro atoms. The smallest absolute Gasteiger partial charge is 0.127 e. The fourth-order valence-corrected chi connectivity index (χ4v) is 2.31. The molecule has 1 fully saturated rings. The molecule has 1 aromatic rings. The molecular weight excluding hydrogens is 224 g/mol. The summed E-state index contributed by atoms with van der Waals surface area (Å²) >= 11 is 0. The van der Waals surface area contributed by atoms with E-state index in [4.69, 9.17) is 0 Å². The number of likely N-dealkylation sites (tertiary alicyclic amines) is 1. The van der Waals surface area contributed by atoms with E-state index >= 15 is 0 Å². The lowest BCUT2D eigenvalue weighted by atomic mass is 9.99. The largest absolute Gasteiger partial charge is 0.388 e. The van der Waals surface area contributed by atoms with Crippen LogP contribution in [0, 0.1) is 5.92 Å². The Hall–Kier alpha value is -1.29. The van der Waals surface area contributed by atoms with E-state index in [2.05, 4.69) is 27.4 Å². The maximum absolute atomic E-state index is 4.31. The lowest BCUT2D eigenvalue weighted by Gasteiger charge is -2.30. The summed E-state index contributed by atoms with van der Waals surface area (Å²) in [6.07, 6.45) is 4.51. The third kappa shape index (κ3) is 3.88. The van der Waals surface area contributed by atoms with Crippen LogP contribution in [0.2, 0.25) is 0 Å². The van der Waals surface area contributed by atoms with Crippen molar-refractivity contribution in [1.29, 1.82) is 0 Å². The molecule has 2 N–H and O–H groups in total. The van der Waals surface area contributed by atoms with Crippen LogP contribution in [0.3, 0.4) is 0 Å². The Bertz CT molecular complexity index is 359. The highest BCUT2D eigenvalue weighted by Gasteiger charge is 2.14. The number of hydrogen-bond donors (Lipinski definition) is 2. The predicted octanol–water partition coefficient (Wildman–Crippen LogP) is 2.27. The fraction of sp³-hybridized carbons (Fsp3) is 0.643. The van der Waals surface area contributed by atoms with E-state index in [0.29, 0.717) is 0 Å². The summed E-state index contributed by atoms with van der Waals surface area (Å²) in [5.74, 6) is 1.86. The van der Waals surface area contributed by atoms with Crippen LogP contribution < -0.4 is 10.6 Å². The molecule has 0 aliphatic carbocycles. The second kappa shape index (κ2) is 6.59. The van der Waals surface area contributed by atoms with Crippen molar-refractivity contribution in [3.05, 3.63) is 18.3 Å². The third-order valence-electron chi connectivity index (χ3n) is 3.66. The lowest BCUT2D eigenvalue weighted by molar-refractivity contribution is 0.199. The van der Waals surface area contributed by atoms with E-state index in [-0.39, 0.29) is 0 Å². The van der Waals surface area contributed by atoms with E-state index in [1.54, 1.807) is 0 Å². The Morgan fingerprint density at radius 3 is 2.89 bits per heavy atom. The van der Waals surface area contributed by atoms with E-state index in [1.807, 2.05) is 25.4 Å². The summed E-state index contributed by atoms with van der Waals surface area (Å²) in [5, 5.41) is 6.51. The molecule has 0 unspecified atom stereocenters. The Labute approximate surface area is 110 Å². The summed E-state index contributed by atoms with van der Waals surface area (Å²) in [5.41, 5.74) is 1.10. The van der Waals surface area contributed by atoms with E-state index in [1.165, 1.54) is 25.9 Å². The molecule has 2 rings (SSSR count). The minimum Gasteiger partial charge on any atom is -0.388 e. The number of pyridine rings is 1. The van der Waals surface area contributed by atoms with Gasteiger partial charge in [0, 0.05) is 38.1 Å². The molecular formula is C14H24N4. The van der Waals surface area contributed by atoms with Gasteiger partial charge in [-0.1, -0.05) is 6.92 Å². The van der Waals surface area contributed by atoms with Crippen LogP contribution in [0.4, 0.5) is 11.5 Å². The van der Waals surface area contributed by atoms with Crippen molar-refractivity contribution in [2.45, 2.75) is 19.8 Å². The zero-order valence-corrected chi connectivity index (χ0v) is 11.4. The van der Waals surface area contributed by atoms with Gasteiger partial charge in [-0.3, -0.25) is 0 Å². The number of hydrogen-bond acceptors (Lipinski definition) is 4. The van der Waals surface area contributed by atoms with E-state index < -0.39 is 0 Å². The van der Waals surface area contributed by atoms with Crippen molar-refractivity contribution in [1.82, 2.24) is 9.88 Å². The van der Waals surface area contributed by atoms with Gasteiger partial charge in [-0.15, -0.1) is 0 Å². The van der Waals surface area contributed by atoms with Crippen LogP contribution in [0.1, 0.15) is 19.8 Å². The zero-order valence-electron chi connectivity index (χ0n) is 11.4. The molecule has 1 saturated heterocycles. The number of piperidine rings is 1. The Balaban J connectivity index is 1.71. The molecule has 1 aromatic heterocycles. The molecule has 4 heteroatoms. The quantitative estimate of drug-likeness (QED) is 0.838. The molecule has 0 amide bonds. The van der Waals surface area contributed by atoms with Gasteiger partial charge in [0.2, 0.25) is 0 Å². The average molecular weight is 248 g/mol. The van der Waals surface area contributed by atoms with Crippen molar-refractivity contribution >= 4 is 11.5 Å². The molecule has 4 nitrogen and oxygen atoms in total. The second-order valence-electron chi connectivity index (χ2n) is 5.13. The molecule has 18 heavy (non-hydrogen) atoms. The molecule has 0 bridgehead atoms. The Kier molecular flexibility index (Phi) is 4.81. The number of aromatic nitrogens is 1. The van der Waals surface area contributed by atoms with Crippen molar-refractivity contribution in [2.24, 2.45) is 5.92 Å². The summed E-state index contributed by atoms with van der Waals surface area (Å²) in [6, 6.07) is 4.01. The minimum atomic E-state index is 0.906. The van der Waals surface area contributed by atoms with Gasteiger partial charge in [-0.25, -0.2) is 4.98 Å². The van der Waals surface area contributed by atoms with Gasteiger partial charge in [0.05, 0.1) is 0 Å². The second-order valence-corrected chi connectivity index (χ2v) is 5.13. The normalized spacial score (nSPS) is 17.7. The molecule has 0 aromatic carbocycles. The summed E-state index contributed by atoms with van der Waals surface area (Å²) in [7, 11) is 1.92. The zero-order chi connectivity index (χ0) is 12.8. The molecule has 0 atom stereocenters. The molecule has 0 radical (unpaired) electrons. The monoisotopic (exact) mass is 248 g/mol. The first-order valence-corrected chi connectivity index (χ1v) is 6.88. The van der Waals surface area contributed by atoms with E-state index in [9.17, 15) is 0 Å². The summed E-state index contributed by atoms with van der Waals surface area (Å²) in [6.45, 7) is 6.91. The Morgan fingerprint density at radius 1 is 1.39 bits per heavy atom. The number of anilines is 2. The summed E-state index contributed by atoms with van der Waals surface area (Å²) in [4.78, 5) is 6.85. The van der Waals surface area contributed by atoms with Crippen LogP contribution in [0.5, 0.6) is 0 Å². The number of nitrogens with zero attached hydrogens (tertiary/aromatic N) is 2.